The molecule has 0 spiro atoms. The molecule has 1 aliphatic carbocycles. The molecule has 2 fully saturated rings. The van der Waals surface area contributed by atoms with Crippen molar-refractivity contribution >= 4 is 27.6 Å². The highest BCUT2D eigenvalue weighted by Gasteiger charge is 2.47. The molecule has 0 radical (unpaired) electrons. The summed E-state index contributed by atoms with van der Waals surface area (Å²) < 4.78 is 68.8. The molecule has 1 saturated carbocycles. The van der Waals surface area contributed by atoms with Gasteiger partial charge in [0.15, 0.2) is 0 Å². The average molecular weight is 551 g/mol. The number of nitrogens with one attached hydrogen (secondary N) is 2. The normalized spacial score (nSPS) is 21.6. The molecule has 1 aliphatic heterocycles. The van der Waals surface area contributed by atoms with Crippen LogP contribution >= 0.6 is 0 Å². The van der Waals surface area contributed by atoms with Crippen LogP contribution in [-0.2, 0) is 10.0 Å². The molecule has 0 aromatic heterocycles. The fourth-order valence-electron chi connectivity index (χ4n) is 5.61. The minimum Gasteiger partial charge on any atom is -0.355 e. The Morgan fingerprint density at radius 1 is 1.18 bits per heavy atom. The molecule has 1 heterocycles. The monoisotopic (exact) mass is 550 g/mol. The molecule has 0 amide bonds. The lowest BCUT2D eigenvalue weighted by molar-refractivity contribution is -0.120. The van der Waals surface area contributed by atoms with Crippen LogP contribution < -0.4 is 5.32 Å². The molecule has 0 bridgehead atoms. The van der Waals surface area contributed by atoms with Crippen molar-refractivity contribution in [3.8, 4) is 0 Å². The van der Waals surface area contributed by atoms with Gasteiger partial charge in [-0.1, -0.05) is 13.3 Å². The third-order valence-electron chi connectivity index (χ3n) is 7.76. The van der Waals surface area contributed by atoms with Gasteiger partial charge in [-0.25, -0.2) is 21.6 Å². The zero-order valence-corrected chi connectivity index (χ0v) is 23.0. The number of piperazine rings is 1. The van der Waals surface area contributed by atoms with Crippen LogP contribution in [0.1, 0.15) is 62.3 Å². The number of anilines is 2. The van der Waals surface area contributed by atoms with E-state index in [-0.39, 0.29) is 37.2 Å². The number of aryl methyl sites for hydroxylation is 1. The van der Waals surface area contributed by atoms with Crippen LogP contribution in [0.25, 0.3) is 0 Å². The van der Waals surface area contributed by atoms with E-state index >= 15 is 0 Å². The highest BCUT2D eigenvalue weighted by Crippen LogP contribution is 2.44. The Labute approximate surface area is 223 Å². The molecule has 2 N–H and O–H groups in total. The molecule has 2 aliphatic rings. The van der Waals surface area contributed by atoms with E-state index in [1.165, 1.54) is 18.3 Å². The topological polar surface area (TPSA) is 76.5 Å². The van der Waals surface area contributed by atoms with Gasteiger partial charge >= 0.3 is 0 Å². The Morgan fingerprint density at radius 3 is 2.47 bits per heavy atom. The zero-order valence-electron chi connectivity index (χ0n) is 22.2. The Kier molecular flexibility index (Phi) is 8.54. The van der Waals surface area contributed by atoms with Crippen LogP contribution in [0, 0.1) is 24.1 Å². The molecular weight excluding hydrogens is 513 g/mol. The summed E-state index contributed by atoms with van der Waals surface area (Å²) in [7, 11) is -3.51. The summed E-state index contributed by atoms with van der Waals surface area (Å²) in [6.07, 6.45) is 2.29. The number of hydrogen-bond donors (Lipinski definition) is 2. The molecule has 10 heteroatoms. The Hall–Kier alpha value is -2.43. The highest BCUT2D eigenvalue weighted by molar-refractivity contribution is 7.89. The predicted molar refractivity (Wildman–Crippen MR) is 146 cm³/mol. The van der Waals surface area contributed by atoms with E-state index in [1.807, 2.05) is 26.0 Å². The second-order valence-electron chi connectivity index (χ2n) is 10.7. The summed E-state index contributed by atoms with van der Waals surface area (Å²) >= 11 is 0. The van der Waals surface area contributed by atoms with E-state index in [0.29, 0.717) is 43.0 Å². The molecule has 2 aromatic rings. The zero-order chi connectivity index (χ0) is 27.7. The quantitative estimate of drug-likeness (QED) is 0.351. The standard InChI is InChI=1S/C28H37F3N4O2S/c1-4-5-20(3)38(36,37)35-11-10-34(17-21-14-28(30,31)15-21)27(18-35)25-13-22(16-32)26(12-19(25)2)33-24-8-6-23(29)7-9-24/h6-9,12-13,16,20-21,27,32-33H,4-5,10-11,14-15,17-18H2,1-3H3/t20?,27-/m0/s1. The third-order valence-corrected chi connectivity index (χ3v) is 10.1. The van der Waals surface area contributed by atoms with E-state index in [9.17, 15) is 21.6 Å². The lowest BCUT2D eigenvalue weighted by atomic mass is 9.80. The first-order valence-electron chi connectivity index (χ1n) is 13.2. The van der Waals surface area contributed by atoms with Crippen LogP contribution in [0.3, 0.4) is 0 Å². The summed E-state index contributed by atoms with van der Waals surface area (Å²) in [5.41, 5.74) is 3.73. The molecule has 2 atom stereocenters. The van der Waals surface area contributed by atoms with Gasteiger partial charge in [0.1, 0.15) is 5.82 Å². The van der Waals surface area contributed by atoms with Gasteiger partial charge < -0.3 is 10.7 Å². The minimum absolute atomic E-state index is 0.128. The first-order valence-corrected chi connectivity index (χ1v) is 14.7. The molecule has 208 valence electrons. The Balaban J connectivity index is 1.65. The fourth-order valence-corrected chi connectivity index (χ4v) is 7.34. The molecule has 38 heavy (non-hydrogen) atoms. The Morgan fingerprint density at radius 2 is 1.87 bits per heavy atom. The summed E-state index contributed by atoms with van der Waals surface area (Å²) in [4.78, 5) is 2.14. The fraction of sp³-hybridized carbons (Fsp3) is 0.536. The van der Waals surface area contributed by atoms with E-state index in [0.717, 1.165) is 17.5 Å². The van der Waals surface area contributed by atoms with E-state index in [2.05, 4.69) is 10.2 Å². The van der Waals surface area contributed by atoms with Crippen molar-refractivity contribution in [2.75, 3.05) is 31.5 Å². The van der Waals surface area contributed by atoms with Gasteiger partial charge in [-0.05, 0) is 73.7 Å². The molecule has 4 rings (SSSR count). The second-order valence-corrected chi connectivity index (χ2v) is 13.1. The van der Waals surface area contributed by atoms with Crippen molar-refractivity contribution in [3.63, 3.8) is 0 Å². The van der Waals surface area contributed by atoms with Gasteiger partial charge in [-0.2, -0.15) is 4.31 Å². The number of nitrogens with zero attached hydrogens (tertiary/aromatic N) is 2. The van der Waals surface area contributed by atoms with Gasteiger partial charge in [0, 0.05) is 68.2 Å². The summed E-state index contributed by atoms with van der Waals surface area (Å²) in [5.74, 6) is -3.09. The number of alkyl halides is 2. The average Bonchev–Trinajstić information content (AvgIpc) is 2.85. The maximum absolute atomic E-state index is 13.6. The summed E-state index contributed by atoms with van der Waals surface area (Å²) in [5, 5.41) is 10.8. The largest absolute Gasteiger partial charge is 0.355 e. The van der Waals surface area contributed by atoms with Crippen molar-refractivity contribution in [1.29, 1.82) is 5.41 Å². The number of sulfonamides is 1. The number of benzene rings is 2. The van der Waals surface area contributed by atoms with Crippen molar-refractivity contribution in [2.45, 2.75) is 63.7 Å². The van der Waals surface area contributed by atoms with Crippen LogP contribution in [0.2, 0.25) is 0 Å². The van der Waals surface area contributed by atoms with E-state index in [4.69, 9.17) is 5.41 Å². The lowest BCUT2D eigenvalue weighted by Crippen LogP contribution is -2.54. The summed E-state index contributed by atoms with van der Waals surface area (Å²) in [6, 6.07) is 9.40. The van der Waals surface area contributed by atoms with Crippen molar-refractivity contribution < 1.29 is 21.6 Å². The third kappa shape index (κ3) is 6.24. The van der Waals surface area contributed by atoms with Gasteiger partial charge in [0.25, 0.3) is 0 Å². The first kappa shape index (κ1) is 28.6. The number of halogens is 3. The SMILES string of the molecule is CCCC(C)S(=O)(=O)N1CCN(CC2CC(F)(F)C2)[C@H](c2cc(C=N)c(Nc3ccc(F)cc3)cc2C)C1. The lowest BCUT2D eigenvalue weighted by Gasteiger charge is -2.46. The molecular formula is C28H37F3N4O2S. The number of rotatable bonds is 10. The first-order chi connectivity index (χ1) is 17.9. The van der Waals surface area contributed by atoms with Gasteiger partial charge in [-0.3, -0.25) is 4.90 Å². The second kappa shape index (κ2) is 11.4. The number of hydrogen-bond acceptors (Lipinski definition) is 5. The maximum Gasteiger partial charge on any atom is 0.248 e. The molecule has 1 unspecified atom stereocenters. The van der Waals surface area contributed by atoms with E-state index < -0.39 is 21.2 Å². The minimum atomic E-state index is -3.51. The smallest absolute Gasteiger partial charge is 0.248 e. The molecule has 1 saturated heterocycles. The van der Waals surface area contributed by atoms with E-state index in [1.54, 1.807) is 23.4 Å². The Bertz CT molecular complexity index is 1250. The van der Waals surface area contributed by atoms with Crippen LogP contribution in [0.5, 0.6) is 0 Å². The van der Waals surface area contributed by atoms with Crippen LogP contribution in [-0.4, -0.2) is 61.2 Å². The van der Waals surface area contributed by atoms with Crippen molar-refractivity contribution in [3.05, 3.63) is 58.9 Å². The molecule has 6 nitrogen and oxygen atoms in total. The van der Waals surface area contributed by atoms with Gasteiger partial charge in [-0.15, -0.1) is 0 Å². The maximum atomic E-state index is 13.6. The van der Waals surface area contributed by atoms with Crippen LogP contribution in [0.4, 0.5) is 24.5 Å². The summed E-state index contributed by atoms with van der Waals surface area (Å²) in [6.45, 7) is 7.14. The van der Waals surface area contributed by atoms with Crippen LogP contribution in [0.15, 0.2) is 36.4 Å². The van der Waals surface area contributed by atoms with Gasteiger partial charge in [0.05, 0.1) is 5.25 Å². The van der Waals surface area contributed by atoms with Crippen molar-refractivity contribution in [2.24, 2.45) is 5.92 Å². The van der Waals surface area contributed by atoms with Crippen molar-refractivity contribution in [1.82, 2.24) is 9.21 Å². The molecule has 2 aromatic carbocycles. The predicted octanol–water partition coefficient (Wildman–Crippen LogP) is 6.10. The van der Waals surface area contributed by atoms with Gasteiger partial charge in [0.2, 0.25) is 15.9 Å². The highest BCUT2D eigenvalue weighted by atomic mass is 32.2.